The molecule has 0 spiro atoms. The third-order valence-corrected chi connectivity index (χ3v) is 6.43. The summed E-state index contributed by atoms with van der Waals surface area (Å²) < 4.78 is 1.43. The molecule has 0 N–H and O–H groups in total. The van der Waals surface area contributed by atoms with Crippen LogP contribution in [-0.4, -0.2) is 34.1 Å². The molecule has 3 rings (SSSR count). The van der Waals surface area contributed by atoms with Crippen molar-refractivity contribution in [3.63, 3.8) is 0 Å². The van der Waals surface area contributed by atoms with Gasteiger partial charge in [-0.2, -0.15) is 0 Å². The van der Waals surface area contributed by atoms with E-state index in [-0.39, 0.29) is 11.8 Å². The number of amides is 2. The number of thiocarbonyl (C=S) groups is 1. The van der Waals surface area contributed by atoms with Crippen LogP contribution in [0.5, 0.6) is 0 Å². The molecule has 1 fully saturated rings. The molecule has 0 saturated carbocycles. The van der Waals surface area contributed by atoms with Gasteiger partial charge in [-0.1, -0.05) is 66.6 Å². The molecule has 26 heavy (non-hydrogen) atoms. The number of hydrogen-bond acceptors (Lipinski definition) is 4. The molecule has 1 saturated heterocycles. The van der Waals surface area contributed by atoms with Gasteiger partial charge in [0.1, 0.15) is 4.32 Å². The summed E-state index contributed by atoms with van der Waals surface area (Å²) in [5.41, 5.74) is 2.19. The van der Waals surface area contributed by atoms with Gasteiger partial charge in [0.25, 0.3) is 11.8 Å². The number of hydrogen-bond donors (Lipinski definition) is 0. The van der Waals surface area contributed by atoms with E-state index in [1.54, 1.807) is 9.80 Å². The molecule has 0 bridgehead atoms. The summed E-state index contributed by atoms with van der Waals surface area (Å²) in [5, 5.41) is 0. The second-order valence-electron chi connectivity index (χ2n) is 6.35. The van der Waals surface area contributed by atoms with Crippen molar-refractivity contribution in [3.8, 4) is 0 Å². The SMILES string of the molecule is CCCCCN1C(=O)C(=C2SC(=S)N(CCC)C2=O)c2cc(Br)ccc21. The number of fused-ring (bicyclic) bond motifs is 1. The van der Waals surface area contributed by atoms with Crippen LogP contribution in [-0.2, 0) is 9.59 Å². The fourth-order valence-electron chi connectivity index (χ4n) is 3.23. The first-order valence-electron chi connectivity index (χ1n) is 8.89. The lowest BCUT2D eigenvalue weighted by atomic mass is 10.1. The first-order valence-corrected chi connectivity index (χ1v) is 10.9. The van der Waals surface area contributed by atoms with E-state index in [0.717, 1.165) is 41.4 Å². The van der Waals surface area contributed by atoms with Crippen LogP contribution in [0.15, 0.2) is 27.6 Å². The number of unbranched alkanes of at least 4 members (excludes halogenated alkanes) is 2. The molecule has 1 aromatic carbocycles. The van der Waals surface area contributed by atoms with Gasteiger partial charge in [-0.15, -0.1) is 0 Å². The smallest absolute Gasteiger partial charge is 0.267 e. The van der Waals surface area contributed by atoms with Gasteiger partial charge in [-0.05, 0) is 31.0 Å². The van der Waals surface area contributed by atoms with E-state index < -0.39 is 0 Å². The zero-order valence-corrected chi connectivity index (χ0v) is 18.1. The minimum Gasteiger partial charge on any atom is -0.308 e. The third-order valence-electron chi connectivity index (χ3n) is 4.49. The first-order chi connectivity index (χ1) is 12.5. The van der Waals surface area contributed by atoms with E-state index in [2.05, 4.69) is 22.9 Å². The summed E-state index contributed by atoms with van der Waals surface area (Å²) in [6.45, 7) is 5.40. The van der Waals surface area contributed by atoms with Crippen LogP contribution >= 0.6 is 39.9 Å². The van der Waals surface area contributed by atoms with Crippen LogP contribution in [0.25, 0.3) is 5.57 Å². The maximum absolute atomic E-state index is 13.2. The van der Waals surface area contributed by atoms with E-state index >= 15 is 0 Å². The van der Waals surface area contributed by atoms with E-state index in [0.29, 0.717) is 27.9 Å². The van der Waals surface area contributed by atoms with Crippen molar-refractivity contribution in [1.82, 2.24) is 4.90 Å². The molecule has 7 heteroatoms. The molecule has 0 unspecified atom stereocenters. The molecule has 0 aromatic heterocycles. The van der Waals surface area contributed by atoms with Crippen molar-refractivity contribution in [3.05, 3.63) is 33.1 Å². The Bertz CT molecular complexity index is 807. The Morgan fingerprint density at radius 2 is 1.81 bits per heavy atom. The van der Waals surface area contributed by atoms with Crippen molar-refractivity contribution in [1.29, 1.82) is 0 Å². The van der Waals surface area contributed by atoms with E-state index in [9.17, 15) is 9.59 Å². The van der Waals surface area contributed by atoms with Gasteiger partial charge in [0, 0.05) is 23.1 Å². The van der Waals surface area contributed by atoms with Crippen molar-refractivity contribution < 1.29 is 9.59 Å². The minimum atomic E-state index is -0.147. The Hall–Kier alpha value is -1.18. The molecule has 2 aliphatic heterocycles. The van der Waals surface area contributed by atoms with Gasteiger partial charge in [-0.25, -0.2) is 0 Å². The standard InChI is InChI=1S/C19H21BrN2O2S2/c1-3-5-6-10-21-14-8-7-12(20)11-13(14)15(17(21)23)16-18(24)22(9-4-2)19(25)26-16/h7-8,11H,3-6,9-10H2,1-2H3. The van der Waals surface area contributed by atoms with Gasteiger partial charge in [0.05, 0.1) is 16.2 Å². The number of nitrogens with zero attached hydrogens (tertiary/aromatic N) is 2. The fourth-order valence-corrected chi connectivity index (χ4v) is 4.97. The highest BCUT2D eigenvalue weighted by Gasteiger charge is 2.41. The molecule has 2 aliphatic rings. The second-order valence-corrected chi connectivity index (χ2v) is 8.91. The molecule has 0 atom stereocenters. The maximum atomic E-state index is 13.2. The summed E-state index contributed by atoms with van der Waals surface area (Å²) in [5.74, 6) is -0.238. The number of halogens is 1. The highest BCUT2D eigenvalue weighted by Crippen LogP contribution is 2.45. The Labute approximate surface area is 172 Å². The van der Waals surface area contributed by atoms with E-state index in [1.165, 1.54) is 11.8 Å². The van der Waals surface area contributed by atoms with Gasteiger partial charge in [0.2, 0.25) is 0 Å². The summed E-state index contributed by atoms with van der Waals surface area (Å²) in [6, 6.07) is 5.81. The molecule has 0 radical (unpaired) electrons. The van der Waals surface area contributed by atoms with Crippen LogP contribution in [0.4, 0.5) is 5.69 Å². The normalized spacial score (nSPS) is 19.7. The highest BCUT2D eigenvalue weighted by atomic mass is 79.9. The van der Waals surface area contributed by atoms with Gasteiger partial charge >= 0.3 is 0 Å². The number of carbonyl (C=O) groups is 2. The van der Waals surface area contributed by atoms with Crippen molar-refractivity contribution >= 4 is 67.3 Å². The molecular weight excluding hydrogens is 432 g/mol. The zero-order valence-electron chi connectivity index (χ0n) is 14.9. The summed E-state index contributed by atoms with van der Waals surface area (Å²) >= 11 is 10.1. The van der Waals surface area contributed by atoms with E-state index in [1.807, 2.05) is 25.1 Å². The molecule has 1 aromatic rings. The second kappa shape index (κ2) is 8.23. The van der Waals surface area contributed by atoms with Crippen molar-refractivity contribution in [2.24, 2.45) is 0 Å². The predicted molar refractivity (Wildman–Crippen MR) is 115 cm³/mol. The lowest BCUT2D eigenvalue weighted by Crippen LogP contribution is -2.30. The molecule has 138 valence electrons. The molecular formula is C19H21BrN2O2S2. The number of benzene rings is 1. The largest absolute Gasteiger partial charge is 0.308 e. The third kappa shape index (κ3) is 3.49. The number of rotatable bonds is 6. The van der Waals surface area contributed by atoms with Gasteiger partial charge in [-0.3, -0.25) is 14.5 Å². The zero-order chi connectivity index (χ0) is 18.8. The Balaban J connectivity index is 2.05. The summed E-state index contributed by atoms with van der Waals surface area (Å²) in [7, 11) is 0. The quantitative estimate of drug-likeness (QED) is 0.347. The van der Waals surface area contributed by atoms with Crippen LogP contribution in [0.2, 0.25) is 0 Å². The maximum Gasteiger partial charge on any atom is 0.267 e. The molecule has 2 heterocycles. The number of anilines is 1. The average Bonchev–Trinajstić information content (AvgIpc) is 3.03. The molecule has 4 nitrogen and oxygen atoms in total. The van der Waals surface area contributed by atoms with Crippen LogP contribution < -0.4 is 4.90 Å². The average molecular weight is 453 g/mol. The lowest BCUT2D eigenvalue weighted by molar-refractivity contribution is -0.122. The monoisotopic (exact) mass is 452 g/mol. The molecule has 0 aliphatic carbocycles. The Morgan fingerprint density at radius 3 is 2.50 bits per heavy atom. The van der Waals surface area contributed by atoms with Crippen molar-refractivity contribution in [2.75, 3.05) is 18.0 Å². The predicted octanol–water partition coefficient (Wildman–Crippen LogP) is 4.97. The number of carbonyl (C=O) groups excluding carboxylic acids is 2. The Kier molecular flexibility index (Phi) is 6.20. The van der Waals surface area contributed by atoms with E-state index in [4.69, 9.17) is 12.2 Å². The van der Waals surface area contributed by atoms with Gasteiger partial charge < -0.3 is 4.90 Å². The lowest BCUT2D eigenvalue weighted by Gasteiger charge is -2.16. The number of thioether (sulfide) groups is 1. The Morgan fingerprint density at radius 1 is 1.04 bits per heavy atom. The van der Waals surface area contributed by atoms with Gasteiger partial charge in [0.15, 0.2) is 0 Å². The van der Waals surface area contributed by atoms with Crippen LogP contribution in [0, 0.1) is 0 Å². The topological polar surface area (TPSA) is 40.6 Å². The summed E-state index contributed by atoms with van der Waals surface area (Å²) in [4.78, 5) is 29.9. The first kappa shape index (κ1) is 19.6. The minimum absolute atomic E-state index is 0.0915. The van der Waals surface area contributed by atoms with Crippen molar-refractivity contribution in [2.45, 2.75) is 39.5 Å². The van der Waals surface area contributed by atoms with Crippen LogP contribution in [0.3, 0.4) is 0 Å². The molecule has 2 amide bonds. The van der Waals surface area contributed by atoms with Crippen LogP contribution in [0.1, 0.15) is 45.1 Å². The highest BCUT2D eigenvalue weighted by molar-refractivity contribution is 9.10. The summed E-state index contributed by atoms with van der Waals surface area (Å²) in [6.07, 6.45) is 3.94. The fraction of sp³-hybridized carbons (Fsp3) is 0.421.